The van der Waals surface area contributed by atoms with E-state index in [0.717, 1.165) is 23.3 Å². The monoisotopic (exact) mass is 160 g/mol. The highest BCUT2D eigenvalue weighted by Gasteiger charge is 2.23. The van der Waals surface area contributed by atoms with E-state index in [4.69, 9.17) is 0 Å². The van der Waals surface area contributed by atoms with E-state index in [0.29, 0.717) is 0 Å². The zero-order chi connectivity index (χ0) is 8.55. The standard InChI is InChI=1S/C11H12O/c1-8-6-10(9-2-3-9)4-5-11(8)7-12/h4-7,9H,2-3H2,1H3. The van der Waals surface area contributed by atoms with E-state index in [-0.39, 0.29) is 0 Å². The predicted molar refractivity (Wildman–Crippen MR) is 48.5 cm³/mol. The van der Waals surface area contributed by atoms with E-state index >= 15 is 0 Å². The zero-order valence-electron chi connectivity index (χ0n) is 7.21. The summed E-state index contributed by atoms with van der Waals surface area (Å²) in [7, 11) is 0. The van der Waals surface area contributed by atoms with Crippen LogP contribution in [0.15, 0.2) is 18.2 Å². The van der Waals surface area contributed by atoms with Crippen molar-refractivity contribution in [2.75, 3.05) is 0 Å². The first-order valence-electron chi connectivity index (χ1n) is 4.37. The molecule has 1 heteroatoms. The third-order valence-electron chi connectivity index (χ3n) is 2.47. The highest BCUT2D eigenvalue weighted by Crippen LogP contribution is 2.40. The average molecular weight is 160 g/mol. The van der Waals surface area contributed by atoms with E-state index in [9.17, 15) is 4.79 Å². The van der Waals surface area contributed by atoms with Gasteiger partial charge in [-0.3, -0.25) is 4.79 Å². The Balaban J connectivity index is 2.36. The van der Waals surface area contributed by atoms with Crippen LogP contribution in [0.25, 0.3) is 0 Å². The minimum Gasteiger partial charge on any atom is -0.298 e. The molecule has 0 bridgehead atoms. The van der Waals surface area contributed by atoms with E-state index in [1.807, 2.05) is 13.0 Å². The summed E-state index contributed by atoms with van der Waals surface area (Å²) in [6.45, 7) is 2.00. The number of carbonyl (C=O) groups excluding carboxylic acids is 1. The number of aldehydes is 1. The average Bonchev–Trinajstić information content (AvgIpc) is 2.86. The molecule has 1 aliphatic rings. The van der Waals surface area contributed by atoms with E-state index < -0.39 is 0 Å². The van der Waals surface area contributed by atoms with Crippen LogP contribution in [0, 0.1) is 6.92 Å². The highest BCUT2D eigenvalue weighted by atomic mass is 16.1. The topological polar surface area (TPSA) is 17.1 Å². The molecule has 12 heavy (non-hydrogen) atoms. The molecule has 0 N–H and O–H groups in total. The van der Waals surface area contributed by atoms with Crippen LogP contribution >= 0.6 is 0 Å². The molecule has 0 heterocycles. The molecule has 1 nitrogen and oxygen atoms in total. The number of hydrogen-bond acceptors (Lipinski definition) is 1. The molecule has 0 aromatic heterocycles. The lowest BCUT2D eigenvalue weighted by atomic mass is 10.0. The maximum Gasteiger partial charge on any atom is 0.150 e. The number of aryl methyl sites for hydroxylation is 1. The van der Waals surface area contributed by atoms with Gasteiger partial charge >= 0.3 is 0 Å². The van der Waals surface area contributed by atoms with Gasteiger partial charge in [0.15, 0.2) is 0 Å². The number of benzene rings is 1. The van der Waals surface area contributed by atoms with Gasteiger partial charge in [-0.05, 0) is 36.8 Å². The van der Waals surface area contributed by atoms with E-state index in [1.165, 1.54) is 18.4 Å². The van der Waals surface area contributed by atoms with Crippen molar-refractivity contribution in [3.05, 3.63) is 34.9 Å². The summed E-state index contributed by atoms with van der Waals surface area (Å²) in [5.74, 6) is 0.782. The smallest absolute Gasteiger partial charge is 0.150 e. The van der Waals surface area contributed by atoms with E-state index in [1.54, 1.807) is 0 Å². The summed E-state index contributed by atoms with van der Waals surface area (Å²) < 4.78 is 0. The summed E-state index contributed by atoms with van der Waals surface area (Å²) in [5.41, 5.74) is 3.33. The van der Waals surface area contributed by atoms with Crippen molar-refractivity contribution in [1.82, 2.24) is 0 Å². The largest absolute Gasteiger partial charge is 0.298 e. The van der Waals surface area contributed by atoms with Crippen molar-refractivity contribution in [1.29, 1.82) is 0 Å². The van der Waals surface area contributed by atoms with Crippen molar-refractivity contribution < 1.29 is 4.79 Å². The van der Waals surface area contributed by atoms with Gasteiger partial charge < -0.3 is 0 Å². The molecule has 0 unspecified atom stereocenters. The fourth-order valence-electron chi connectivity index (χ4n) is 1.50. The molecular weight excluding hydrogens is 148 g/mol. The molecule has 62 valence electrons. The van der Waals surface area contributed by atoms with Gasteiger partial charge in [0.25, 0.3) is 0 Å². The summed E-state index contributed by atoms with van der Waals surface area (Å²) in [6, 6.07) is 6.14. The van der Waals surface area contributed by atoms with Crippen LogP contribution in [0.3, 0.4) is 0 Å². The van der Waals surface area contributed by atoms with Gasteiger partial charge in [-0.1, -0.05) is 18.2 Å². The fourth-order valence-corrected chi connectivity index (χ4v) is 1.50. The number of hydrogen-bond donors (Lipinski definition) is 0. The van der Waals surface area contributed by atoms with Crippen LogP contribution in [0.4, 0.5) is 0 Å². The van der Waals surface area contributed by atoms with Crippen molar-refractivity contribution in [3.63, 3.8) is 0 Å². The van der Waals surface area contributed by atoms with Gasteiger partial charge in [-0.15, -0.1) is 0 Å². The first-order valence-corrected chi connectivity index (χ1v) is 4.37. The van der Waals surface area contributed by atoms with Crippen LogP contribution in [0.5, 0.6) is 0 Å². The van der Waals surface area contributed by atoms with Crippen LogP contribution < -0.4 is 0 Å². The number of rotatable bonds is 2. The molecule has 0 spiro atoms. The van der Waals surface area contributed by atoms with Crippen molar-refractivity contribution in [2.45, 2.75) is 25.7 Å². The van der Waals surface area contributed by atoms with Crippen LogP contribution in [-0.4, -0.2) is 6.29 Å². The predicted octanol–water partition coefficient (Wildman–Crippen LogP) is 2.68. The minimum absolute atomic E-state index is 0.782. The molecule has 0 atom stereocenters. The second-order valence-corrected chi connectivity index (χ2v) is 3.51. The summed E-state index contributed by atoms with van der Waals surface area (Å²) in [6.07, 6.45) is 3.56. The molecule has 1 aromatic rings. The van der Waals surface area contributed by atoms with Crippen LogP contribution in [-0.2, 0) is 0 Å². The Morgan fingerprint density at radius 2 is 2.17 bits per heavy atom. The van der Waals surface area contributed by atoms with Gasteiger partial charge in [0.1, 0.15) is 6.29 Å². The molecule has 1 saturated carbocycles. The molecule has 0 amide bonds. The van der Waals surface area contributed by atoms with Gasteiger partial charge in [-0.2, -0.15) is 0 Å². The molecule has 1 aliphatic carbocycles. The summed E-state index contributed by atoms with van der Waals surface area (Å²) in [4.78, 5) is 10.5. The Morgan fingerprint density at radius 3 is 2.67 bits per heavy atom. The first-order chi connectivity index (χ1) is 5.81. The molecular formula is C11H12O. The van der Waals surface area contributed by atoms with Crippen molar-refractivity contribution in [2.24, 2.45) is 0 Å². The van der Waals surface area contributed by atoms with Gasteiger partial charge in [0.2, 0.25) is 0 Å². The third kappa shape index (κ3) is 1.27. The Morgan fingerprint density at radius 1 is 1.42 bits per heavy atom. The SMILES string of the molecule is Cc1cc(C2CC2)ccc1C=O. The van der Waals surface area contributed by atoms with E-state index in [2.05, 4.69) is 12.1 Å². The molecule has 0 radical (unpaired) electrons. The lowest BCUT2D eigenvalue weighted by Crippen LogP contribution is -1.88. The Labute approximate surface area is 72.4 Å². The van der Waals surface area contributed by atoms with Gasteiger partial charge in [-0.25, -0.2) is 0 Å². The third-order valence-corrected chi connectivity index (χ3v) is 2.47. The maximum atomic E-state index is 10.5. The summed E-state index contributed by atoms with van der Waals surface area (Å²) >= 11 is 0. The Bertz CT molecular complexity index is 311. The maximum absolute atomic E-state index is 10.5. The molecule has 1 aromatic carbocycles. The van der Waals surface area contributed by atoms with Crippen LogP contribution in [0.1, 0.15) is 40.2 Å². The zero-order valence-corrected chi connectivity index (χ0v) is 7.21. The summed E-state index contributed by atoms with van der Waals surface area (Å²) in [5, 5.41) is 0. The Hall–Kier alpha value is -1.11. The van der Waals surface area contributed by atoms with Crippen molar-refractivity contribution >= 4 is 6.29 Å². The van der Waals surface area contributed by atoms with Gasteiger partial charge in [0.05, 0.1) is 0 Å². The Kier molecular flexibility index (Phi) is 1.72. The van der Waals surface area contributed by atoms with Crippen LogP contribution in [0.2, 0.25) is 0 Å². The molecule has 0 saturated heterocycles. The number of carbonyl (C=O) groups is 1. The lowest BCUT2D eigenvalue weighted by Gasteiger charge is -2.01. The van der Waals surface area contributed by atoms with Gasteiger partial charge in [0, 0.05) is 5.56 Å². The second kappa shape index (κ2) is 2.74. The normalized spacial score (nSPS) is 16.1. The molecule has 0 aliphatic heterocycles. The minimum atomic E-state index is 0.782. The fraction of sp³-hybridized carbons (Fsp3) is 0.364. The quantitative estimate of drug-likeness (QED) is 0.608. The van der Waals surface area contributed by atoms with Crippen molar-refractivity contribution in [3.8, 4) is 0 Å². The lowest BCUT2D eigenvalue weighted by molar-refractivity contribution is 0.112. The molecule has 1 fully saturated rings. The highest BCUT2D eigenvalue weighted by molar-refractivity contribution is 5.77. The second-order valence-electron chi connectivity index (χ2n) is 3.51. The molecule has 2 rings (SSSR count). The first kappa shape index (κ1) is 7.53.